The molecule has 0 bridgehead atoms. The Hall–Kier alpha value is -0.560. The van der Waals surface area contributed by atoms with E-state index in [2.05, 4.69) is 26.8 Å². The highest BCUT2D eigenvalue weighted by Gasteiger charge is 2.13. The van der Waals surface area contributed by atoms with Crippen molar-refractivity contribution in [3.8, 4) is 0 Å². The minimum absolute atomic E-state index is 0.638. The van der Waals surface area contributed by atoms with Crippen LogP contribution < -0.4 is 0 Å². The van der Waals surface area contributed by atoms with Gasteiger partial charge in [0.05, 0.1) is 5.60 Å². The number of rotatable bonds is 6. The number of hydrogen-bond donors (Lipinski definition) is 1. The monoisotopic (exact) mass is 196 g/mol. The van der Waals surface area contributed by atoms with Crippen molar-refractivity contribution in [2.24, 2.45) is 0 Å². The maximum atomic E-state index is 9.92. The van der Waals surface area contributed by atoms with Crippen LogP contribution in [-0.4, -0.2) is 10.7 Å². The fourth-order valence-electron chi connectivity index (χ4n) is 1.21. The molecule has 0 saturated heterocycles. The first-order valence-electron chi connectivity index (χ1n) is 5.57. The van der Waals surface area contributed by atoms with Crippen LogP contribution in [0.5, 0.6) is 0 Å². The molecule has 0 aliphatic carbocycles. The summed E-state index contributed by atoms with van der Waals surface area (Å²) < 4.78 is 0. The van der Waals surface area contributed by atoms with Gasteiger partial charge in [-0.25, -0.2) is 0 Å². The Kier molecular flexibility index (Phi) is 6.56. The molecule has 0 spiro atoms. The topological polar surface area (TPSA) is 20.2 Å². The third-order valence-corrected chi connectivity index (χ3v) is 2.41. The molecule has 0 radical (unpaired) electrons. The minimum atomic E-state index is -0.638. The Balaban J connectivity index is 3.93. The third kappa shape index (κ3) is 6.90. The molecule has 1 N–H and O–H groups in total. The van der Waals surface area contributed by atoms with Gasteiger partial charge in [-0.2, -0.15) is 0 Å². The van der Waals surface area contributed by atoms with Crippen LogP contribution >= 0.6 is 0 Å². The van der Waals surface area contributed by atoms with Gasteiger partial charge in [-0.05, 0) is 39.5 Å². The van der Waals surface area contributed by atoms with Crippen molar-refractivity contribution in [2.45, 2.75) is 59.0 Å². The van der Waals surface area contributed by atoms with Gasteiger partial charge in [-0.3, -0.25) is 0 Å². The lowest BCUT2D eigenvalue weighted by atomic mass is 9.98. The van der Waals surface area contributed by atoms with Crippen molar-refractivity contribution in [2.75, 3.05) is 0 Å². The van der Waals surface area contributed by atoms with E-state index < -0.39 is 5.60 Å². The molecule has 1 nitrogen and oxygen atoms in total. The molecule has 1 atom stereocenters. The number of hydrogen-bond acceptors (Lipinski definition) is 1. The molecule has 0 saturated carbocycles. The minimum Gasteiger partial charge on any atom is -0.386 e. The van der Waals surface area contributed by atoms with Gasteiger partial charge < -0.3 is 5.11 Å². The zero-order valence-corrected chi connectivity index (χ0v) is 10.0. The van der Waals surface area contributed by atoms with Gasteiger partial charge in [0.1, 0.15) is 0 Å². The molecule has 0 aliphatic heterocycles. The van der Waals surface area contributed by atoms with Gasteiger partial charge in [0, 0.05) is 0 Å². The van der Waals surface area contributed by atoms with Gasteiger partial charge in [-0.1, -0.05) is 37.6 Å². The first kappa shape index (κ1) is 13.4. The van der Waals surface area contributed by atoms with Crippen molar-refractivity contribution in [1.82, 2.24) is 0 Å². The Bertz CT molecular complexity index is 199. The summed E-state index contributed by atoms with van der Waals surface area (Å²) in [6.07, 6.45) is 10.0. The summed E-state index contributed by atoms with van der Waals surface area (Å²) in [7, 11) is 0. The second-order valence-electron chi connectivity index (χ2n) is 4.11. The van der Waals surface area contributed by atoms with E-state index in [4.69, 9.17) is 0 Å². The predicted octanol–water partition coefficient (Wildman–Crippen LogP) is 3.84. The molecule has 0 aromatic heterocycles. The Morgan fingerprint density at radius 3 is 2.50 bits per heavy atom. The average Bonchev–Trinajstić information content (AvgIpc) is 2.14. The van der Waals surface area contributed by atoms with E-state index in [0.29, 0.717) is 0 Å². The lowest BCUT2D eigenvalue weighted by molar-refractivity contribution is 0.103. The van der Waals surface area contributed by atoms with E-state index in [0.717, 1.165) is 25.7 Å². The van der Waals surface area contributed by atoms with E-state index in [1.165, 1.54) is 5.57 Å². The Morgan fingerprint density at radius 2 is 2.00 bits per heavy atom. The van der Waals surface area contributed by atoms with E-state index in [-0.39, 0.29) is 0 Å². The van der Waals surface area contributed by atoms with Crippen LogP contribution in [0.1, 0.15) is 53.4 Å². The molecule has 0 aromatic rings. The molecule has 0 aliphatic rings. The number of aliphatic hydroxyl groups is 1. The molecule has 14 heavy (non-hydrogen) atoms. The van der Waals surface area contributed by atoms with Crippen molar-refractivity contribution >= 4 is 0 Å². The molecule has 0 amide bonds. The first-order valence-corrected chi connectivity index (χ1v) is 5.57. The lowest BCUT2D eigenvalue weighted by Crippen LogP contribution is -2.19. The van der Waals surface area contributed by atoms with Gasteiger partial charge in [-0.15, -0.1) is 0 Å². The largest absolute Gasteiger partial charge is 0.386 e. The van der Waals surface area contributed by atoms with Gasteiger partial charge in [0.15, 0.2) is 0 Å². The van der Waals surface area contributed by atoms with Crippen LogP contribution in [0.4, 0.5) is 0 Å². The van der Waals surface area contributed by atoms with Crippen molar-refractivity contribution in [1.29, 1.82) is 0 Å². The van der Waals surface area contributed by atoms with E-state index in [1.54, 1.807) is 0 Å². The normalized spacial score (nSPS) is 17.4. The van der Waals surface area contributed by atoms with Crippen molar-refractivity contribution in [3.63, 3.8) is 0 Å². The lowest BCUT2D eigenvalue weighted by Gasteiger charge is -2.17. The zero-order valence-electron chi connectivity index (χ0n) is 10.0. The highest BCUT2D eigenvalue weighted by Crippen LogP contribution is 2.15. The van der Waals surface area contributed by atoms with Crippen LogP contribution in [0.2, 0.25) is 0 Å². The summed E-state index contributed by atoms with van der Waals surface area (Å²) in [5, 5.41) is 9.92. The molecular weight excluding hydrogens is 172 g/mol. The second kappa shape index (κ2) is 6.83. The predicted molar refractivity (Wildman–Crippen MR) is 63.3 cm³/mol. The van der Waals surface area contributed by atoms with Crippen LogP contribution in [-0.2, 0) is 0 Å². The quantitative estimate of drug-likeness (QED) is 0.640. The van der Waals surface area contributed by atoms with Crippen LogP contribution in [0, 0.1) is 0 Å². The molecule has 0 aromatic carbocycles. The van der Waals surface area contributed by atoms with E-state index in [9.17, 15) is 5.11 Å². The van der Waals surface area contributed by atoms with Crippen molar-refractivity contribution < 1.29 is 5.11 Å². The maximum absolute atomic E-state index is 9.92. The maximum Gasteiger partial charge on any atom is 0.0802 e. The number of allylic oxidation sites excluding steroid dienone is 3. The summed E-state index contributed by atoms with van der Waals surface area (Å²) in [6, 6.07) is 0. The summed E-state index contributed by atoms with van der Waals surface area (Å²) in [5.74, 6) is 0. The standard InChI is InChI=1S/C13H24O/c1-5-7-10-13(4,14)11-8-9-12(3)6-2/h7,9-10,14H,5-6,8,11H2,1-4H3/b10-7+,12-9?. The fraction of sp³-hybridized carbons (Fsp3) is 0.692. The Labute approximate surface area is 88.5 Å². The molecule has 1 heteroatoms. The van der Waals surface area contributed by atoms with E-state index in [1.807, 2.05) is 19.1 Å². The summed E-state index contributed by atoms with van der Waals surface area (Å²) >= 11 is 0. The van der Waals surface area contributed by atoms with Crippen LogP contribution in [0.25, 0.3) is 0 Å². The smallest absolute Gasteiger partial charge is 0.0802 e. The molecule has 82 valence electrons. The highest BCUT2D eigenvalue weighted by atomic mass is 16.3. The van der Waals surface area contributed by atoms with Crippen molar-refractivity contribution in [3.05, 3.63) is 23.8 Å². The first-order chi connectivity index (χ1) is 6.52. The molecule has 1 unspecified atom stereocenters. The van der Waals surface area contributed by atoms with Gasteiger partial charge in [0.25, 0.3) is 0 Å². The second-order valence-corrected chi connectivity index (χ2v) is 4.11. The van der Waals surface area contributed by atoms with E-state index >= 15 is 0 Å². The third-order valence-electron chi connectivity index (χ3n) is 2.41. The van der Waals surface area contributed by atoms with Gasteiger partial charge in [0.2, 0.25) is 0 Å². The fourth-order valence-corrected chi connectivity index (χ4v) is 1.21. The highest BCUT2D eigenvalue weighted by molar-refractivity contribution is 5.02. The summed E-state index contributed by atoms with van der Waals surface area (Å²) in [5.41, 5.74) is 0.765. The Morgan fingerprint density at radius 1 is 1.36 bits per heavy atom. The molecular formula is C13H24O. The van der Waals surface area contributed by atoms with Crippen LogP contribution in [0.15, 0.2) is 23.8 Å². The summed E-state index contributed by atoms with van der Waals surface area (Å²) in [6.45, 7) is 8.24. The molecule has 0 rings (SSSR count). The summed E-state index contributed by atoms with van der Waals surface area (Å²) in [4.78, 5) is 0. The SMILES string of the molecule is CC/C=C/C(C)(O)CCC=C(C)CC. The zero-order chi connectivity index (χ0) is 11.0. The average molecular weight is 196 g/mol. The molecule has 0 heterocycles. The van der Waals surface area contributed by atoms with Crippen LogP contribution in [0.3, 0.4) is 0 Å². The molecule has 0 fully saturated rings. The van der Waals surface area contributed by atoms with Gasteiger partial charge >= 0.3 is 0 Å².